The van der Waals surface area contributed by atoms with E-state index >= 15 is 0 Å². The Hall–Kier alpha value is -4.86. The van der Waals surface area contributed by atoms with Crippen LogP contribution in [0.1, 0.15) is 98.9 Å². The van der Waals surface area contributed by atoms with Gasteiger partial charge in [-0.25, -0.2) is 14.6 Å². The highest BCUT2D eigenvalue weighted by Crippen LogP contribution is 2.64. The quantitative estimate of drug-likeness (QED) is 0.118. The van der Waals surface area contributed by atoms with E-state index in [4.69, 9.17) is 33.7 Å². The normalized spacial score (nSPS) is 31.7. The molecule has 1 amide bonds. The molecule has 8 aliphatic rings. The molecule has 6 fully saturated rings. The van der Waals surface area contributed by atoms with Crippen molar-refractivity contribution < 1.29 is 43.4 Å². The first kappa shape index (κ1) is 39.0. The number of pyridine rings is 2. The van der Waals surface area contributed by atoms with Crippen LogP contribution in [-0.2, 0) is 65.4 Å². The summed E-state index contributed by atoms with van der Waals surface area (Å²) >= 11 is 0. The molecule has 61 heavy (non-hydrogen) atoms. The summed E-state index contributed by atoms with van der Waals surface area (Å²) in [6.45, 7) is 2.56. The van der Waals surface area contributed by atoms with Crippen molar-refractivity contribution in [3.63, 3.8) is 0 Å². The van der Waals surface area contributed by atoms with E-state index < -0.39 is 29.2 Å². The van der Waals surface area contributed by atoms with Crippen molar-refractivity contribution >= 4 is 28.7 Å². The highest BCUT2D eigenvalue weighted by Gasteiger charge is 2.67. The molecule has 14 heteroatoms. The summed E-state index contributed by atoms with van der Waals surface area (Å²) in [5.41, 5.74) is 3.95. The second-order valence-electron chi connectivity index (χ2n) is 18.9. The van der Waals surface area contributed by atoms with Gasteiger partial charge in [-0.15, -0.1) is 0 Å². The largest absolute Gasteiger partial charge is 0.508 e. The zero-order chi connectivity index (χ0) is 41.8. The van der Waals surface area contributed by atoms with Crippen molar-refractivity contribution in [2.75, 3.05) is 19.4 Å². The molecule has 320 valence electrons. The van der Waals surface area contributed by atoms with Gasteiger partial charge in [-0.2, -0.15) is 9.78 Å². The lowest BCUT2D eigenvalue weighted by Crippen LogP contribution is -2.59. The Kier molecular flexibility index (Phi) is 9.18. The molecule has 2 spiro atoms. The summed E-state index contributed by atoms with van der Waals surface area (Å²) in [7, 11) is 3.88. The molecule has 1 saturated heterocycles. The Morgan fingerprint density at radius 2 is 1.79 bits per heavy atom. The number of nitrogens with zero attached hydrogens (tertiary/aromatic N) is 3. The number of rotatable bonds is 8. The number of hydrogen-bond donors (Lipinski definition) is 2. The number of cyclic esters (lactones) is 1. The molecule has 4 bridgehead atoms. The van der Waals surface area contributed by atoms with E-state index in [9.17, 15) is 19.5 Å². The van der Waals surface area contributed by atoms with Gasteiger partial charge in [0.1, 0.15) is 18.5 Å². The third kappa shape index (κ3) is 6.31. The monoisotopic (exact) mass is 832 g/mol. The first-order valence-corrected chi connectivity index (χ1v) is 22.0. The summed E-state index contributed by atoms with van der Waals surface area (Å²) in [4.78, 5) is 60.2. The van der Waals surface area contributed by atoms with Gasteiger partial charge in [0.05, 0.1) is 35.6 Å². The van der Waals surface area contributed by atoms with Gasteiger partial charge < -0.3 is 33.5 Å². The van der Waals surface area contributed by atoms with Crippen molar-refractivity contribution in [2.45, 2.75) is 121 Å². The Balaban J connectivity index is 0.769. The standard InChI is InChI=1S/C47H52N4O10/c1-4-46(37-20-39-41-29(22-51(39)42(53)36(37)25-56-43(46)54)19-34-35(23-50(2)3)40(52)12-11-38(34)49-41)57-24-26-7-9-32(10-8-26)48-44(55)58-33-6-5-13-45(21-33)59-47(61-60-45)30-15-27-14-28(17-30)18-31(47)16-27/h7-12,19-20,27-28,30-31,33,52H,4-6,13-18,21-25H2,1-3H3,(H,48,55)/t27?,28?,30?,31?,33?,45-,46+,47?/m1/s1. The van der Waals surface area contributed by atoms with Crippen LogP contribution in [-0.4, -0.2) is 63.4 Å². The van der Waals surface area contributed by atoms with Crippen LogP contribution < -0.4 is 10.9 Å². The number of nitrogens with one attached hydrogen (secondary N) is 1. The average Bonchev–Trinajstić information content (AvgIpc) is 3.79. The van der Waals surface area contributed by atoms with Crippen molar-refractivity contribution in [1.82, 2.24) is 14.5 Å². The highest BCUT2D eigenvalue weighted by molar-refractivity contribution is 5.89. The molecule has 2 N–H and O–H groups in total. The number of hydrogen-bond acceptors (Lipinski definition) is 12. The van der Waals surface area contributed by atoms with Crippen LogP contribution in [0.2, 0.25) is 0 Å². The average molecular weight is 833 g/mol. The molecule has 5 saturated carbocycles. The number of ether oxygens (including phenoxy) is 4. The minimum atomic E-state index is -1.53. The number of phenolic OH excluding ortho intramolecular Hbond substituents is 1. The second kappa shape index (κ2) is 14.3. The minimum Gasteiger partial charge on any atom is -0.508 e. The maximum Gasteiger partial charge on any atom is 0.411 e. The summed E-state index contributed by atoms with van der Waals surface area (Å²) in [5, 5.41) is 14.4. The van der Waals surface area contributed by atoms with E-state index in [1.807, 2.05) is 50.2 Å². The summed E-state index contributed by atoms with van der Waals surface area (Å²) in [5.74, 6) is 0.361. The fourth-order valence-corrected chi connectivity index (χ4v) is 12.0. The van der Waals surface area contributed by atoms with Gasteiger partial charge in [0.15, 0.2) is 5.60 Å². The minimum absolute atomic E-state index is 0.0416. The first-order valence-electron chi connectivity index (χ1n) is 22.0. The smallest absolute Gasteiger partial charge is 0.411 e. The van der Waals surface area contributed by atoms with Crippen molar-refractivity contribution in [1.29, 1.82) is 0 Å². The lowest BCUT2D eigenvalue weighted by molar-refractivity contribution is -0.390. The van der Waals surface area contributed by atoms with Crippen molar-refractivity contribution in [3.05, 3.63) is 86.7 Å². The third-order valence-corrected chi connectivity index (χ3v) is 14.7. The molecule has 4 aromatic rings. The SMILES string of the molecule is CC[C@@]1(OCc2ccc(NC(=O)OC3CCC[C@]4(C3)OOC3(O4)C4CC5CC(C4)CC3C5)cc2)C(=O)OCc2c1cc1n(c2=O)Cc2cc3c(CN(C)C)c(O)ccc3nc2-1. The zero-order valence-corrected chi connectivity index (χ0v) is 34.9. The van der Waals surface area contributed by atoms with Gasteiger partial charge in [-0.05, 0) is 119 Å². The van der Waals surface area contributed by atoms with Crippen LogP contribution in [0.5, 0.6) is 5.75 Å². The molecule has 5 heterocycles. The van der Waals surface area contributed by atoms with Crippen LogP contribution in [0.15, 0.2) is 53.3 Å². The fourth-order valence-electron chi connectivity index (χ4n) is 12.0. The first-order chi connectivity index (χ1) is 29.4. The van der Waals surface area contributed by atoms with E-state index in [2.05, 4.69) is 5.32 Å². The van der Waals surface area contributed by atoms with Crippen LogP contribution in [0.3, 0.4) is 0 Å². The van der Waals surface area contributed by atoms with E-state index in [0.717, 1.165) is 66.0 Å². The van der Waals surface area contributed by atoms with Gasteiger partial charge in [-0.1, -0.05) is 19.1 Å². The predicted octanol–water partition coefficient (Wildman–Crippen LogP) is 7.39. The Morgan fingerprint density at radius 3 is 2.52 bits per heavy atom. The maximum atomic E-state index is 14.1. The Bertz CT molecular complexity index is 2490. The third-order valence-electron chi connectivity index (χ3n) is 14.7. The number of benzene rings is 2. The van der Waals surface area contributed by atoms with Gasteiger partial charge in [0.25, 0.3) is 5.56 Å². The number of esters is 1. The highest BCUT2D eigenvalue weighted by atomic mass is 17.3. The number of carbonyl (C=O) groups excluding carboxylic acids is 2. The van der Waals surface area contributed by atoms with Crippen molar-refractivity contribution in [2.24, 2.45) is 23.7 Å². The number of aromatic nitrogens is 2. The lowest BCUT2D eigenvalue weighted by atomic mass is 9.53. The van der Waals surface area contributed by atoms with Crippen molar-refractivity contribution in [3.8, 4) is 17.1 Å². The number of amides is 1. The Labute approximate surface area is 353 Å². The van der Waals surface area contributed by atoms with Crippen LogP contribution in [0, 0.1) is 23.7 Å². The van der Waals surface area contributed by atoms with E-state index in [0.29, 0.717) is 77.9 Å². The number of fused-ring (bicyclic) bond motifs is 5. The molecule has 1 unspecified atom stereocenters. The topological polar surface area (TPSA) is 160 Å². The van der Waals surface area contributed by atoms with Gasteiger partial charge in [0.2, 0.25) is 11.6 Å². The molecule has 12 rings (SSSR count). The van der Waals surface area contributed by atoms with Gasteiger partial charge in [-0.3, -0.25) is 10.1 Å². The summed E-state index contributed by atoms with van der Waals surface area (Å²) in [6.07, 6.45) is 7.83. The molecule has 2 aromatic heterocycles. The summed E-state index contributed by atoms with van der Waals surface area (Å²) in [6, 6.07) is 14.4. The van der Waals surface area contributed by atoms with Gasteiger partial charge in [0, 0.05) is 59.0 Å². The van der Waals surface area contributed by atoms with E-state index in [1.165, 1.54) is 6.42 Å². The summed E-state index contributed by atoms with van der Waals surface area (Å²) < 4.78 is 26.6. The molecule has 3 aliphatic heterocycles. The maximum absolute atomic E-state index is 14.1. The number of phenols is 1. The van der Waals surface area contributed by atoms with Crippen LogP contribution in [0.4, 0.5) is 10.5 Å². The van der Waals surface area contributed by atoms with E-state index in [-0.39, 0.29) is 37.0 Å². The predicted molar refractivity (Wildman–Crippen MR) is 221 cm³/mol. The lowest BCUT2D eigenvalue weighted by Gasteiger charge is -2.57. The molecule has 5 aliphatic carbocycles. The molecule has 2 aromatic carbocycles. The van der Waals surface area contributed by atoms with Crippen LogP contribution in [0.25, 0.3) is 22.3 Å². The van der Waals surface area contributed by atoms with E-state index in [1.54, 1.807) is 28.8 Å². The number of anilines is 1. The molecular weight excluding hydrogens is 781 g/mol. The number of carbonyl (C=O) groups is 2. The fraction of sp³-hybridized carbons (Fsp3) is 0.532. The molecule has 0 radical (unpaired) electrons. The van der Waals surface area contributed by atoms with Crippen LogP contribution >= 0.6 is 0 Å². The second-order valence-corrected chi connectivity index (χ2v) is 18.9. The Morgan fingerprint density at radius 1 is 1.02 bits per heavy atom. The molecule has 14 nitrogen and oxygen atoms in total. The number of aromatic hydroxyl groups is 1. The zero-order valence-electron chi connectivity index (χ0n) is 34.9. The molecule has 3 atom stereocenters. The van der Waals surface area contributed by atoms with Gasteiger partial charge >= 0.3 is 12.1 Å². The molecular formula is C47H52N4O10.